The van der Waals surface area contributed by atoms with E-state index in [0.29, 0.717) is 4.83 Å². The Balaban J connectivity index is 1.52. The number of fused-ring (bicyclic) bond motifs is 1. The molecular formula is C20H21Br. The molecule has 1 fully saturated rings. The predicted molar refractivity (Wildman–Crippen MR) is 92.0 cm³/mol. The van der Waals surface area contributed by atoms with Gasteiger partial charge in [-0.1, -0.05) is 64.5 Å². The van der Waals surface area contributed by atoms with Crippen LogP contribution in [0.1, 0.15) is 52.3 Å². The average Bonchev–Trinajstić information content (AvgIpc) is 3.35. The average molecular weight is 341 g/mol. The maximum Gasteiger partial charge on any atom is 0.0429 e. The standard InChI is InChI=1S/C20H21Br/c21-20(19-13-18(19)15-7-2-1-3-8-15)17-11-10-14-6-4-5-9-16(14)12-17/h1-3,7-8,10-12,18-20H,4-6,9,13H2. The zero-order valence-corrected chi connectivity index (χ0v) is 13.9. The normalized spacial score (nSPS) is 25.2. The molecule has 0 aromatic heterocycles. The van der Waals surface area contributed by atoms with Crippen molar-refractivity contribution in [3.8, 4) is 0 Å². The van der Waals surface area contributed by atoms with E-state index in [1.165, 1.54) is 43.2 Å². The second kappa shape index (κ2) is 5.61. The number of aryl methyl sites for hydroxylation is 2. The highest BCUT2D eigenvalue weighted by Crippen LogP contribution is 2.57. The Bertz CT molecular complexity index is 632. The summed E-state index contributed by atoms with van der Waals surface area (Å²) in [5, 5.41) is 0. The van der Waals surface area contributed by atoms with Crippen molar-refractivity contribution in [3.05, 3.63) is 70.8 Å². The van der Waals surface area contributed by atoms with Crippen LogP contribution in [0.2, 0.25) is 0 Å². The maximum atomic E-state index is 3.98. The first-order chi connectivity index (χ1) is 10.3. The Hall–Kier alpha value is -1.08. The van der Waals surface area contributed by atoms with Gasteiger partial charge in [0.2, 0.25) is 0 Å². The van der Waals surface area contributed by atoms with Crippen LogP contribution in [0.25, 0.3) is 0 Å². The monoisotopic (exact) mass is 340 g/mol. The zero-order valence-electron chi connectivity index (χ0n) is 12.3. The van der Waals surface area contributed by atoms with Crippen molar-refractivity contribution in [2.75, 3.05) is 0 Å². The molecule has 0 spiro atoms. The Kier molecular flexibility index (Phi) is 3.62. The first-order valence-electron chi connectivity index (χ1n) is 8.13. The van der Waals surface area contributed by atoms with E-state index < -0.39 is 0 Å². The summed E-state index contributed by atoms with van der Waals surface area (Å²) in [5.74, 6) is 1.50. The molecule has 1 heteroatoms. The fourth-order valence-corrected chi connectivity index (χ4v) is 4.66. The van der Waals surface area contributed by atoms with E-state index >= 15 is 0 Å². The van der Waals surface area contributed by atoms with Gasteiger partial charge in [0.05, 0.1) is 0 Å². The third-order valence-corrected chi connectivity index (χ3v) is 6.34. The molecule has 3 atom stereocenters. The SMILES string of the molecule is BrC(c1ccc2c(c1)CCCC2)C1CC1c1ccccc1. The molecule has 1 saturated carbocycles. The van der Waals surface area contributed by atoms with Crippen molar-refractivity contribution in [1.82, 2.24) is 0 Å². The van der Waals surface area contributed by atoms with E-state index in [-0.39, 0.29) is 0 Å². The van der Waals surface area contributed by atoms with Gasteiger partial charge in [-0.3, -0.25) is 0 Å². The third-order valence-electron chi connectivity index (χ3n) is 5.13. The molecule has 4 rings (SSSR count). The fourth-order valence-electron chi connectivity index (χ4n) is 3.79. The van der Waals surface area contributed by atoms with Crippen molar-refractivity contribution in [1.29, 1.82) is 0 Å². The summed E-state index contributed by atoms with van der Waals surface area (Å²) >= 11 is 3.98. The van der Waals surface area contributed by atoms with Gasteiger partial charge in [0.1, 0.15) is 0 Å². The van der Waals surface area contributed by atoms with Crippen molar-refractivity contribution in [2.45, 2.75) is 42.8 Å². The predicted octanol–water partition coefficient (Wildman–Crippen LogP) is 5.81. The Morgan fingerprint density at radius 1 is 0.905 bits per heavy atom. The summed E-state index contributed by atoms with van der Waals surface area (Å²) in [6.45, 7) is 0. The van der Waals surface area contributed by atoms with Gasteiger partial charge in [-0.15, -0.1) is 0 Å². The van der Waals surface area contributed by atoms with E-state index in [2.05, 4.69) is 64.5 Å². The van der Waals surface area contributed by atoms with Crippen LogP contribution < -0.4 is 0 Å². The lowest BCUT2D eigenvalue weighted by atomic mass is 9.89. The van der Waals surface area contributed by atoms with Crippen LogP contribution in [0.3, 0.4) is 0 Å². The summed E-state index contributed by atoms with van der Waals surface area (Å²) in [4.78, 5) is 0.509. The molecule has 0 nitrogen and oxygen atoms in total. The van der Waals surface area contributed by atoms with Crippen LogP contribution in [0.4, 0.5) is 0 Å². The van der Waals surface area contributed by atoms with E-state index in [0.717, 1.165) is 11.8 Å². The smallest absolute Gasteiger partial charge is 0.0429 e. The lowest BCUT2D eigenvalue weighted by Gasteiger charge is -2.18. The summed E-state index contributed by atoms with van der Waals surface area (Å²) in [6.07, 6.45) is 6.59. The summed E-state index contributed by atoms with van der Waals surface area (Å²) < 4.78 is 0. The van der Waals surface area contributed by atoms with Crippen molar-refractivity contribution in [2.24, 2.45) is 5.92 Å². The highest BCUT2D eigenvalue weighted by atomic mass is 79.9. The molecule has 108 valence electrons. The number of hydrogen-bond acceptors (Lipinski definition) is 0. The van der Waals surface area contributed by atoms with Crippen molar-refractivity contribution in [3.63, 3.8) is 0 Å². The van der Waals surface area contributed by atoms with Gasteiger partial charge in [0.25, 0.3) is 0 Å². The van der Waals surface area contributed by atoms with Gasteiger partial charge in [-0.2, -0.15) is 0 Å². The third kappa shape index (κ3) is 2.68. The molecule has 2 aromatic carbocycles. The fraction of sp³-hybridized carbons (Fsp3) is 0.400. The quantitative estimate of drug-likeness (QED) is 0.619. The van der Waals surface area contributed by atoms with Gasteiger partial charge in [0.15, 0.2) is 0 Å². The molecule has 21 heavy (non-hydrogen) atoms. The minimum atomic E-state index is 0.509. The van der Waals surface area contributed by atoms with Crippen LogP contribution in [0, 0.1) is 5.92 Å². The molecule has 0 radical (unpaired) electrons. The van der Waals surface area contributed by atoms with Crippen LogP contribution in [-0.2, 0) is 12.8 Å². The van der Waals surface area contributed by atoms with Crippen LogP contribution >= 0.6 is 15.9 Å². The molecule has 3 unspecified atom stereocenters. The first kappa shape index (κ1) is 13.6. The number of benzene rings is 2. The van der Waals surface area contributed by atoms with Gasteiger partial charge >= 0.3 is 0 Å². The molecule has 0 aliphatic heterocycles. The number of halogens is 1. The lowest BCUT2D eigenvalue weighted by molar-refractivity contribution is 0.682. The number of rotatable bonds is 3. The van der Waals surface area contributed by atoms with Crippen LogP contribution in [0.5, 0.6) is 0 Å². The second-order valence-electron chi connectivity index (χ2n) is 6.55. The van der Waals surface area contributed by atoms with Gasteiger partial charge < -0.3 is 0 Å². The molecule has 0 N–H and O–H groups in total. The van der Waals surface area contributed by atoms with E-state index in [9.17, 15) is 0 Å². The molecule has 2 aliphatic carbocycles. The van der Waals surface area contributed by atoms with Crippen LogP contribution in [0.15, 0.2) is 48.5 Å². The molecule has 0 bridgehead atoms. The maximum absolute atomic E-state index is 3.98. The minimum absolute atomic E-state index is 0.509. The summed E-state index contributed by atoms with van der Waals surface area (Å²) in [5.41, 5.74) is 6.17. The zero-order chi connectivity index (χ0) is 14.2. The molecular weight excluding hydrogens is 320 g/mol. The number of hydrogen-bond donors (Lipinski definition) is 0. The second-order valence-corrected chi connectivity index (χ2v) is 7.54. The van der Waals surface area contributed by atoms with Gasteiger partial charge in [-0.25, -0.2) is 0 Å². The van der Waals surface area contributed by atoms with Gasteiger partial charge in [-0.05, 0) is 66.2 Å². The largest absolute Gasteiger partial charge is 0.0836 e. The van der Waals surface area contributed by atoms with Crippen molar-refractivity contribution >= 4 is 15.9 Å². The summed E-state index contributed by atoms with van der Waals surface area (Å²) in [7, 11) is 0. The van der Waals surface area contributed by atoms with E-state index in [4.69, 9.17) is 0 Å². The van der Waals surface area contributed by atoms with Gasteiger partial charge in [0, 0.05) is 4.83 Å². The summed E-state index contributed by atoms with van der Waals surface area (Å²) in [6, 6.07) is 18.2. The van der Waals surface area contributed by atoms with Crippen molar-refractivity contribution < 1.29 is 0 Å². The topological polar surface area (TPSA) is 0 Å². The first-order valence-corrected chi connectivity index (χ1v) is 9.05. The molecule has 0 heterocycles. The van der Waals surface area contributed by atoms with E-state index in [1.807, 2.05) is 0 Å². The number of alkyl halides is 1. The Morgan fingerprint density at radius 2 is 1.67 bits per heavy atom. The minimum Gasteiger partial charge on any atom is -0.0836 e. The molecule has 2 aliphatic rings. The van der Waals surface area contributed by atoms with E-state index in [1.54, 1.807) is 11.1 Å². The molecule has 0 saturated heterocycles. The van der Waals surface area contributed by atoms with Crippen LogP contribution in [-0.4, -0.2) is 0 Å². The highest BCUT2D eigenvalue weighted by molar-refractivity contribution is 9.09. The molecule has 0 amide bonds. The lowest BCUT2D eigenvalue weighted by Crippen LogP contribution is -2.04. The highest BCUT2D eigenvalue weighted by Gasteiger charge is 2.43. The Morgan fingerprint density at radius 3 is 2.48 bits per heavy atom. The molecule has 2 aromatic rings. The Labute approximate surface area is 135 Å².